The quantitative estimate of drug-likeness (QED) is 0.0725. The monoisotopic (exact) mass is 481 g/mol. The number of rotatable bonds is 24. The highest BCUT2D eigenvalue weighted by molar-refractivity contribution is 5.84. The first-order valence-corrected chi connectivity index (χ1v) is 14.1. The molecule has 0 aliphatic carbocycles. The van der Waals surface area contributed by atoms with E-state index in [1.165, 1.54) is 70.6 Å². The number of carbonyl (C=O) groups is 2. The summed E-state index contributed by atoms with van der Waals surface area (Å²) in [7, 11) is 3.32. The third-order valence-electron chi connectivity index (χ3n) is 6.06. The number of quaternary nitrogens is 1. The molecule has 6 nitrogen and oxygen atoms in total. The summed E-state index contributed by atoms with van der Waals surface area (Å²) in [4.78, 5) is 23.7. The number of amides is 2. The molecule has 6 heteroatoms. The van der Waals surface area contributed by atoms with Gasteiger partial charge in [-0.05, 0) is 51.4 Å². The van der Waals surface area contributed by atoms with Gasteiger partial charge in [0.25, 0.3) is 0 Å². The van der Waals surface area contributed by atoms with Crippen LogP contribution in [-0.2, 0) is 9.59 Å². The van der Waals surface area contributed by atoms with Gasteiger partial charge in [0.15, 0.2) is 0 Å². The van der Waals surface area contributed by atoms with E-state index < -0.39 is 0 Å². The molecule has 0 aliphatic rings. The Morgan fingerprint density at radius 3 is 1.82 bits per heavy atom. The molecule has 0 saturated heterocycles. The van der Waals surface area contributed by atoms with Gasteiger partial charge in [0, 0.05) is 13.0 Å². The fourth-order valence-electron chi connectivity index (χ4n) is 3.88. The van der Waals surface area contributed by atoms with E-state index in [1.54, 1.807) is 14.1 Å². The van der Waals surface area contributed by atoms with E-state index in [-0.39, 0.29) is 23.0 Å². The van der Waals surface area contributed by atoms with Crippen LogP contribution in [0.25, 0.3) is 0 Å². The molecular weight excluding hydrogens is 426 g/mol. The van der Waals surface area contributed by atoms with E-state index in [0.29, 0.717) is 19.5 Å². The molecule has 0 fully saturated rings. The normalized spacial score (nSPS) is 11.8. The second-order valence-corrected chi connectivity index (χ2v) is 10.2. The minimum Gasteiger partial charge on any atom is -0.633 e. The molecule has 0 atom stereocenters. The van der Waals surface area contributed by atoms with Crippen LogP contribution in [0.3, 0.4) is 0 Å². The van der Waals surface area contributed by atoms with Crippen LogP contribution in [-0.4, -0.2) is 50.2 Å². The lowest BCUT2D eigenvalue weighted by atomic mass is 10.1. The van der Waals surface area contributed by atoms with E-state index >= 15 is 0 Å². The lowest BCUT2D eigenvalue weighted by Gasteiger charge is -2.33. The van der Waals surface area contributed by atoms with Gasteiger partial charge >= 0.3 is 0 Å². The van der Waals surface area contributed by atoms with Crippen molar-refractivity contribution in [1.82, 2.24) is 10.6 Å². The van der Waals surface area contributed by atoms with Crippen LogP contribution in [0.5, 0.6) is 0 Å². The molecule has 0 unspecified atom stereocenters. The van der Waals surface area contributed by atoms with Crippen molar-refractivity contribution < 1.29 is 14.2 Å². The number of allylic oxidation sites excluding steroid dienone is 2. The smallest absolute Gasteiger partial charge is 0.239 e. The van der Waals surface area contributed by atoms with Crippen molar-refractivity contribution in [2.75, 3.05) is 33.7 Å². The Labute approximate surface area is 210 Å². The van der Waals surface area contributed by atoms with Crippen LogP contribution in [0.15, 0.2) is 12.2 Å². The molecule has 0 bridgehead atoms. The molecule has 2 N–H and O–H groups in total. The first-order chi connectivity index (χ1) is 16.3. The highest BCUT2D eigenvalue weighted by Gasteiger charge is 2.05. The molecular formula is C28H55N3O3. The summed E-state index contributed by atoms with van der Waals surface area (Å²) in [6.07, 6.45) is 25.1. The summed E-state index contributed by atoms with van der Waals surface area (Å²) in [6.45, 7) is 3.58. The van der Waals surface area contributed by atoms with Crippen LogP contribution in [0, 0.1) is 5.21 Å². The Hall–Kier alpha value is -1.40. The maximum absolute atomic E-state index is 11.9. The topological polar surface area (TPSA) is 81.3 Å². The predicted molar refractivity (Wildman–Crippen MR) is 144 cm³/mol. The molecule has 0 aromatic rings. The molecule has 0 aromatic carbocycles. The van der Waals surface area contributed by atoms with E-state index in [9.17, 15) is 14.8 Å². The van der Waals surface area contributed by atoms with Gasteiger partial charge in [-0.3, -0.25) is 9.59 Å². The summed E-state index contributed by atoms with van der Waals surface area (Å²) in [6, 6.07) is 0. The van der Waals surface area contributed by atoms with Gasteiger partial charge in [-0.1, -0.05) is 76.9 Å². The Morgan fingerprint density at radius 1 is 0.676 bits per heavy atom. The summed E-state index contributed by atoms with van der Waals surface area (Å²) < 4.78 is -0.243. The number of nitrogens with zero attached hydrogens (tertiary/aromatic N) is 1. The van der Waals surface area contributed by atoms with Crippen molar-refractivity contribution in [3.8, 4) is 0 Å². The molecule has 0 aromatic heterocycles. The van der Waals surface area contributed by atoms with Crippen LogP contribution >= 0.6 is 0 Å². The number of carbonyl (C=O) groups excluding carboxylic acids is 2. The summed E-state index contributed by atoms with van der Waals surface area (Å²) in [5.41, 5.74) is 0. The van der Waals surface area contributed by atoms with Gasteiger partial charge in [-0.15, -0.1) is 0 Å². The molecule has 200 valence electrons. The second kappa shape index (κ2) is 23.3. The summed E-state index contributed by atoms with van der Waals surface area (Å²) in [5, 5.41) is 17.0. The Kier molecular flexibility index (Phi) is 22.4. The average molecular weight is 482 g/mol. The van der Waals surface area contributed by atoms with Crippen LogP contribution < -0.4 is 10.6 Å². The highest BCUT2D eigenvalue weighted by atomic mass is 16.5. The summed E-state index contributed by atoms with van der Waals surface area (Å²) in [5.74, 6) is -0.165. The number of unbranched alkanes of at least 4 members (excludes halogenated alkanes) is 14. The first-order valence-electron chi connectivity index (χ1n) is 14.1. The molecule has 0 heterocycles. The average Bonchev–Trinajstić information content (AvgIpc) is 2.78. The van der Waals surface area contributed by atoms with E-state index in [4.69, 9.17) is 0 Å². The van der Waals surface area contributed by atoms with Crippen molar-refractivity contribution >= 4 is 11.8 Å². The third kappa shape index (κ3) is 26.8. The van der Waals surface area contributed by atoms with Gasteiger partial charge < -0.3 is 20.5 Å². The minimum absolute atomic E-state index is 0.0360. The van der Waals surface area contributed by atoms with Gasteiger partial charge in [-0.25, -0.2) is 0 Å². The van der Waals surface area contributed by atoms with Crippen molar-refractivity contribution in [3.63, 3.8) is 0 Å². The zero-order chi connectivity index (χ0) is 25.3. The third-order valence-corrected chi connectivity index (χ3v) is 6.06. The maximum atomic E-state index is 11.9. The zero-order valence-electron chi connectivity index (χ0n) is 22.7. The Morgan fingerprint density at radius 2 is 1.21 bits per heavy atom. The fourth-order valence-corrected chi connectivity index (χ4v) is 3.88. The van der Waals surface area contributed by atoms with Crippen molar-refractivity contribution in [2.24, 2.45) is 0 Å². The standard InChI is InChI=1S/C28H55N3O3/c1-4-5-6-7-8-9-10-11-12-13-14-15-16-17-20-23-27(32)30-26-28(33)29-24-21-18-19-22-25-31(2,3)34/h11-12H,4-10,13-26H2,1-3H3,(H,29,33)(H,30,32)/b12-11-. The van der Waals surface area contributed by atoms with Gasteiger partial charge in [0.2, 0.25) is 11.8 Å². The lowest BCUT2D eigenvalue weighted by molar-refractivity contribution is -0.840. The van der Waals surface area contributed by atoms with Gasteiger partial charge in [0.05, 0.1) is 27.2 Å². The van der Waals surface area contributed by atoms with Crippen molar-refractivity contribution in [3.05, 3.63) is 17.4 Å². The Balaban J connectivity index is 3.38. The van der Waals surface area contributed by atoms with Crippen LogP contribution in [0.4, 0.5) is 0 Å². The molecule has 2 amide bonds. The molecule has 0 aliphatic heterocycles. The van der Waals surface area contributed by atoms with E-state index in [1.807, 2.05) is 0 Å². The Bertz CT molecular complexity index is 516. The van der Waals surface area contributed by atoms with Gasteiger partial charge in [0.1, 0.15) is 0 Å². The number of nitrogens with one attached hydrogen (secondary N) is 2. The predicted octanol–water partition coefficient (Wildman–Crippen LogP) is 6.39. The molecule has 0 radical (unpaired) electrons. The maximum Gasteiger partial charge on any atom is 0.239 e. The fraction of sp³-hybridized carbons (Fsp3) is 0.857. The molecule has 0 spiro atoms. The molecule has 34 heavy (non-hydrogen) atoms. The van der Waals surface area contributed by atoms with E-state index in [0.717, 1.165) is 38.5 Å². The molecule has 0 rings (SSSR count). The summed E-state index contributed by atoms with van der Waals surface area (Å²) >= 11 is 0. The zero-order valence-corrected chi connectivity index (χ0v) is 22.7. The SMILES string of the molecule is CCCCCCCC/C=C\CCCCCCCC(=O)NCC(=O)NCCCCCC[N+](C)(C)[O-]. The largest absolute Gasteiger partial charge is 0.633 e. The first kappa shape index (κ1) is 32.6. The second-order valence-electron chi connectivity index (χ2n) is 10.2. The van der Waals surface area contributed by atoms with E-state index in [2.05, 4.69) is 29.7 Å². The van der Waals surface area contributed by atoms with Crippen LogP contribution in [0.2, 0.25) is 0 Å². The number of hydrogen-bond donors (Lipinski definition) is 2. The minimum atomic E-state index is -0.243. The van der Waals surface area contributed by atoms with Crippen molar-refractivity contribution in [1.29, 1.82) is 0 Å². The number of hydrogen-bond acceptors (Lipinski definition) is 3. The molecule has 0 saturated carbocycles. The highest BCUT2D eigenvalue weighted by Crippen LogP contribution is 2.10. The van der Waals surface area contributed by atoms with Gasteiger partial charge in [-0.2, -0.15) is 0 Å². The van der Waals surface area contributed by atoms with Crippen molar-refractivity contribution in [2.45, 2.75) is 122 Å². The lowest BCUT2D eigenvalue weighted by Crippen LogP contribution is -2.37. The number of hydroxylamine groups is 3. The van der Waals surface area contributed by atoms with Crippen LogP contribution in [0.1, 0.15) is 122 Å².